The number of carboxylic acid groups (broad SMARTS) is 1. The first-order chi connectivity index (χ1) is 17.8. The molecular formula is C25H23FN2O8S. The molecule has 0 saturated carbocycles. The van der Waals surface area contributed by atoms with Gasteiger partial charge in [-0.2, -0.15) is 0 Å². The first kappa shape index (κ1) is 24.8. The third-order valence-corrected chi connectivity index (χ3v) is 7.39. The van der Waals surface area contributed by atoms with Gasteiger partial charge in [0.15, 0.2) is 5.75 Å². The van der Waals surface area contributed by atoms with Gasteiger partial charge in [-0.15, -0.1) is 0 Å². The maximum atomic E-state index is 14.0. The van der Waals surface area contributed by atoms with Gasteiger partial charge in [0, 0.05) is 30.8 Å². The van der Waals surface area contributed by atoms with E-state index in [1.807, 2.05) is 0 Å². The molecule has 2 N–H and O–H groups in total. The van der Waals surface area contributed by atoms with Crippen LogP contribution in [-0.2, 0) is 21.4 Å². The maximum Gasteiger partial charge on any atom is 0.511 e. The SMILES string of the molecule is O=C(O)Oc1c(NS(=O)(=O)c2ccc(F)cc2/C=C\CN2CCOCC2)ccc2c1OCc1occc1-2. The minimum Gasteiger partial charge on any atom is -0.481 e. The molecular weight excluding hydrogens is 507 g/mol. The van der Waals surface area contributed by atoms with Gasteiger partial charge in [0.25, 0.3) is 10.0 Å². The summed E-state index contributed by atoms with van der Waals surface area (Å²) in [5, 5.41) is 9.31. The van der Waals surface area contributed by atoms with E-state index < -0.39 is 22.0 Å². The number of ether oxygens (including phenoxy) is 3. The lowest BCUT2D eigenvalue weighted by molar-refractivity contribution is 0.0435. The fraction of sp³-hybridized carbons (Fsp3) is 0.240. The zero-order valence-corrected chi connectivity index (χ0v) is 20.3. The number of furan rings is 1. The number of anilines is 1. The highest BCUT2D eigenvalue weighted by molar-refractivity contribution is 7.92. The molecule has 2 aliphatic heterocycles. The monoisotopic (exact) mass is 530 g/mol. The van der Waals surface area contributed by atoms with Crippen LogP contribution in [0.3, 0.4) is 0 Å². The van der Waals surface area contributed by atoms with Crippen LogP contribution in [0.4, 0.5) is 14.9 Å². The van der Waals surface area contributed by atoms with E-state index >= 15 is 0 Å². The number of rotatable bonds is 7. The quantitative estimate of drug-likeness (QED) is 0.342. The van der Waals surface area contributed by atoms with Gasteiger partial charge < -0.3 is 23.7 Å². The minimum absolute atomic E-state index is 0.0115. The van der Waals surface area contributed by atoms with Crippen LogP contribution in [0.25, 0.3) is 17.2 Å². The first-order valence-corrected chi connectivity index (χ1v) is 12.9. The molecule has 37 heavy (non-hydrogen) atoms. The van der Waals surface area contributed by atoms with Crippen molar-refractivity contribution in [2.24, 2.45) is 0 Å². The van der Waals surface area contributed by atoms with Crippen LogP contribution < -0.4 is 14.2 Å². The summed E-state index contributed by atoms with van der Waals surface area (Å²) in [4.78, 5) is 13.4. The molecule has 0 amide bonds. The largest absolute Gasteiger partial charge is 0.511 e. The normalized spacial score (nSPS) is 15.6. The van der Waals surface area contributed by atoms with Gasteiger partial charge in [-0.3, -0.25) is 9.62 Å². The van der Waals surface area contributed by atoms with Gasteiger partial charge >= 0.3 is 6.16 Å². The standard InChI is InChI=1S/C25H23FN2O8S/c26-17-3-6-22(16(14-17)2-1-8-28-9-12-33-13-10-28)37(31,32)27-20-5-4-19-18-7-11-34-21(18)15-35-23(19)24(20)36-25(29)30/h1-7,11,14,27H,8-10,12-13,15H2,(H,29,30)/b2-1-. The second kappa shape index (κ2) is 10.2. The summed E-state index contributed by atoms with van der Waals surface area (Å²) in [6.07, 6.45) is 3.12. The summed E-state index contributed by atoms with van der Waals surface area (Å²) in [6.45, 7) is 3.27. The summed E-state index contributed by atoms with van der Waals surface area (Å²) < 4.78 is 64.5. The number of hydrogen-bond acceptors (Lipinski definition) is 8. The zero-order valence-electron chi connectivity index (χ0n) is 19.5. The number of benzene rings is 2. The van der Waals surface area contributed by atoms with Crippen LogP contribution in [0.5, 0.6) is 11.5 Å². The molecule has 2 aliphatic rings. The van der Waals surface area contributed by atoms with Crippen molar-refractivity contribution < 1.29 is 41.3 Å². The molecule has 10 nitrogen and oxygen atoms in total. The molecule has 3 aromatic rings. The Balaban J connectivity index is 1.47. The molecule has 1 saturated heterocycles. The van der Waals surface area contributed by atoms with E-state index in [-0.39, 0.29) is 34.3 Å². The molecule has 0 atom stereocenters. The van der Waals surface area contributed by atoms with E-state index in [0.29, 0.717) is 36.6 Å². The second-order valence-electron chi connectivity index (χ2n) is 8.34. The number of carbonyl (C=O) groups is 1. The molecule has 2 aromatic carbocycles. The Hall–Kier alpha value is -3.87. The molecule has 1 fully saturated rings. The Bertz CT molecular complexity index is 1460. The fourth-order valence-electron chi connectivity index (χ4n) is 4.22. The van der Waals surface area contributed by atoms with Crippen LogP contribution in [0.1, 0.15) is 11.3 Å². The number of morpholine rings is 1. The van der Waals surface area contributed by atoms with Crippen molar-refractivity contribution in [3.63, 3.8) is 0 Å². The van der Waals surface area contributed by atoms with Gasteiger partial charge in [0.2, 0.25) is 5.75 Å². The van der Waals surface area contributed by atoms with Crippen LogP contribution in [-0.4, -0.2) is 57.4 Å². The van der Waals surface area contributed by atoms with E-state index in [4.69, 9.17) is 18.6 Å². The molecule has 12 heteroatoms. The topological polar surface area (TPSA) is 128 Å². The van der Waals surface area contributed by atoms with Gasteiger partial charge in [0.1, 0.15) is 18.2 Å². The van der Waals surface area contributed by atoms with Crippen LogP contribution >= 0.6 is 0 Å². The van der Waals surface area contributed by atoms with Gasteiger partial charge in [-0.25, -0.2) is 17.6 Å². The lowest BCUT2D eigenvalue weighted by Crippen LogP contribution is -2.36. The van der Waals surface area contributed by atoms with Crippen LogP contribution in [0, 0.1) is 5.82 Å². The van der Waals surface area contributed by atoms with Crippen molar-refractivity contribution >= 4 is 27.9 Å². The number of sulfonamides is 1. The molecule has 0 radical (unpaired) electrons. The molecule has 0 spiro atoms. The van der Waals surface area contributed by atoms with Crippen LogP contribution in [0.2, 0.25) is 0 Å². The zero-order chi connectivity index (χ0) is 26.0. The van der Waals surface area contributed by atoms with Gasteiger partial charge in [0.05, 0.1) is 30.1 Å². The van der Waals surface area contributed by atoms with E-state index in [9.17, 15) is 22.7 Å². The Labute approximate surface area is 211 Å². The molecule has 1 aromatic heterocycles. The lowest BCUT2D eigenvalue weighted by Gasteiger charge is -2.25. The summed E-state index contributed by atoms with van der Waals surface area (Å²) in [6, 6.07) is 7.95. The summed E-state index contributed by atoms with van der Waals surface area (Å²) in [5.41, 5.74) is 1.15. The Morgan fingerprint density at radius 3 is 2.76 bits per heavy atom. The van der Waals surface area contributed by atoms with E-state index in [0.717, 1.165) is 31.3 Å². The Morgan fingerprint density at radius 2 is 1.97 bits per heavy atom. The van der Waals surface area contributed by atoms with Crippen molar-refractivity contribution in [1.29, 1.82) is 0 Å². The first-order valence-electron chi connectivity index (χ1n) is 11.4. The highest BCUT2D eigenvalue weighted by Gasteiger charge is 2.29. The minimum atomic E-state index is -4.30. The number of nitrogens with zero attached hydrogens (tertiary/aromatic N) is 1. The fourth-order valence-corrected chi connectivity index (χ4v) is 5.47. The van der Waals surface area contributed by atoms with Crippen LogP contribution in [0.15, 0.2) is 58.1 Å². The lowest BCUT2D eigenvalue weighted by atomic mass is 10.0. The van der Waals surface area contributed by atoms with Crippen molar-refractivity contribution in [2.45, 2.75) is 11.5 Å². The Morgan fingerprint density at radius 1 is 1.16 bits per heavy atom. The number of fused-ring (bicyclic) bond motifs is 3. The average Bonchev–Trinajstić information content (AvgIpc) is 3.35. The van der Waals surface area contributed by atoms with Gasteiger partial charge in [-0.05, 0) is 42.0 Å². The van der Waals surface area contributed by atoms with E-state index in [1.54, 1.807) is 18.2 Å². The Kier molecular flexibility index (Phi) is 6.87. The molecule has 0 aliphatic carbocycles. The molecule has 194 valence electrons. The summed E-state index contributed by atoms with van der Waals surface area (Å²) in [7, 11) is -4.30. The van der Waals surface area contributed by atoms with Gasteiger partial charge in [-0.1, -0.05) is 12.2 Å². The third kappa shape index (κ3) is 5.31. The average molecular weight is 531 g/mol. The number of hydrogen-bond donors (Lipinski definition) is 2. The van der Waals surface area contributed by atoms with Crippen molar-refractivity contribution in [1.82, 2.24) is 4.90 Å². The third-order valence-electron chi connectivity index (χ3n) is 5.96. The number of halogens is 1. The predicted molar refractivity (Wildman–Crippen MR) is 131 cm³/mol. The van der Waals surface area contributed by atoms with E-state index in [1.165, 1.54) is 18.4 Å². The van der Waals surface area contributed by atoms with Crippen molar-refractivity contribution in [3.8, 4) is 22.6 Å². The van der Waals surface area contributed by atoms with Crippen molar-refractivity contribution in [3.05, 3.63) is 65.9 Å². The second-order valence-corrected chi connectivity index (χ2v) is 9.99. The number of nitrogens with one attached hydrogen (secondary N) is 1. The highest BCUT2D eigenvalue weighted by Crippen LogP contribution is 2.48. The highest BCUT2D eigenvalue weighted by atomic mass is 32.2. The summed E-state index contributed by atoms with van der Waals surface area (Å²) in [5.74, 6) is -0.312. The maximum absolute atomic E-state index is 14.0. The molecule has 5 rings (SSSR count). The van der Waals surface area contributed by atoms with E-state index in [2.05, 4.69) is 9.62 Å². The summed E-state index contributed by atoms with van der Waals surface area (Å²) >= 11 is 0. The molecule has 0 unspecified atom stereocenters. The smallest absolute Gasteiger partial charge is 0.481 e. The molecule has 3 heterocycles. The molecule has 0 bridgehead atoms. The van der Waals surface area contributed by atoms with Crippen molar-refractivity contribution in [2.75, 3.05) is 37.6 Å². The predicted octanol–water partition coefficient (Wildman–Crippen LogP) is 4.18.